The van der Waals surface area contributed by atoms with Crippen molar-refractivity contribution in [3.05, 3.63) is 29.3 Å². The van der Waals surface area contributed by atoms with Gasteiger partial charge in [0.05, 0.1) is 0 Å². The van der Waals surface area contributed by atoms with Gasteiger partial charge in [-0.25, -0.2) is 0 Å². The van der Waals surface area contributed by atoms with Crippen molar-refractivity contribution in [1.82, 2.24) is 0 Å². The van der Waals surface area contributed by atoms with Gasteiger partial charge in [-0.1, -0.05) is 58.1 Å². The molecule has 0 bridgehead atoms. The van der Waals surface area contributed by atoms with Crippen LogP contribution >= 0.6 is 11.6 Å². The summed E-state index contributed by atoms with van der Waals surface area (Å²) in [5.74, 6) is 0.876. The molecule has 2 nitrogen and oxygen atoms in total. The highest BCUT2D eigenvalue weighted by atomic mass is 35.5. The van der Waals surface area contributed by atoms with E-state index in [1.54, 1.807) is 0 Å². The largest absolute Gasteiger partial charge is 0.520 e. The Kier molecular flexibility index (Phi) is 9.05. The Bertz CT molecular complexity index is 377. The Morgan fingerprint density at radius 1 is 0.905 bits per heavy atom. The van der Waals surface area contributed by atoms with E-state index in [4.69, 9.17) is 20.5 Å². The van der Waals surface area contributed by atoms with Gasteiger partial charge in [0, 0.05) is 11.6 Å². The van der Waals surface area contributed by atoms with Crippen LogP contribution in [-0.4, -0.2) is 15.2 Å². The Hall–Kier alpha value is -0.513. The number of halogens is 1. The van der Waals surface area contributed by atoms with Crippen molar-refractivity contribution in [3.8, 4) is 5.75 Å². The maximum Gasteiger partial charge on any atom is 0.398 e. The summed E-state index contributed by atoms with van der Waals surface area (Å²) in [6, 6.07) is 9.54. The van der Waals surface area contributed by atoms with Crippen molar-refractivity contribution in [2.75, 3.05) is 6.61 Å². The molecule has 1 aromatic carbocycles. The van der Waals surface area contributed by atoms with E-state index in [-0.39, 0.29) is 0 Å². The molecular formula is C17H29ClO2Si. The number of benzene rings is 1. The van der Waals surface area contributed by atoms with Crippen LogP contribution in [0.5, 0.6) is 5.75 Å². The normalized spacial score (nSPS) is 11.6. The first kappa shape index (κ1) is 18.5. The number of hydrogen-bond acceptors (Lipinski definition) is 2. The molecule has 0 heterocycles. The topological polar surface area (TPSA) is 18.5 Å². The summed E-state index contributed by atoms with van der Waals surface area (Å²) < 4.78 is 12.5. The second-order valence-electron chi connectivity index (χ2n) is 5.44. The monoisotopic (exact) mass is 328 g/mol. The van der Waals surface area contributed by atoms with Crippen molar-refractivity contribution in [2.24, 2.45) is 0 Å². The molecule has 0 saturated heterocycles. The van der Waals surface area contributed by atoms with E-state index in [1.807, 2.05) is 24.3 Å². The molecule has 0 aliphatic rings. The van der Waals surface area contributed by atoms with Gasteiger partial charge in [-0.15, -0.1) is 0 Å². The Morgan fingerprint density at radius 2 is 1.52 bits per heavy atom. The van der Waals surface area contributed by atoms with E-state index < -0.39 is 8.56 Å². The quantitative estimate of drug-likeness (QED) is 0.356. The number of unbranched alkanes of at least 4 members (excludes halogenated alkanes) is 4. The third-order valence-electron chi connectivity index (χ3n) is 3.81. The van der Waals surface area contributed by atoms with Crippen molar-refractivity contribution in [2.45, 2.75) is 65.0 Å². The van der Waals surface area contributed by atoms with Crippen molar-refractivity contribution < 1.29 is 8.85 Å². The van der Waals surface area contributed by atoms with Crippen LogP contribution in [0, 0.1) is 0 Å². The third kappa shape index (κ3) is 6.85. The maximum absolute atomic E-state index is 6.24. The minimum absolute atomic E-state index is 0.736. The predicted octanol–water partition coefficient (Wildman–Crippen LogP) is 6.19. The summed E-state index contributed by atoms with van der Waals surface area (Å²) in [4.78, 5) is 0. The fourth-order valence-corrected chi connectivity index (χ4v) is 4.77. The molecular weight excluding hydrogens is 300 g/mol. The minimum Gasteiger partial charge on any atom is -0.520 e. The summed E-state index contributed by atoms with van der Waals surface area (Å²) in [6.07, 6.45) is 6.31. The summed E-state index contributed by atoms with van der Waals surface area (Å²) in [5, 5.41) is 0.736. The number of rotatable bonds is 11. The molecule has 0 aliphatic heterocycles. The lowest BCUT2D eigenvalue weighted by molar-refractivity contribution is 0.230. The lowest BCUT2D eigenvalue weighted by Crippen LogP contribution is -2.44. The van der Waals surface area contributed by atoms with Gasteiger partial charge in [-0.05, 0) is 42.8 Å². The SMILES string of the molecule is CCCCCCCO[Si](CC)(CC)Oc1ccc(Cl)cc1. The molecule has 120 valence electrons. The smallest absolute Gasteiger partial charge is 0.398 e. The Labute approximate surface area is 136 Å². The molecule has 1 rings (SSSR count). The van der Waals surface area contributed by atoms with Gasteiger partial charge in [0.15, 0.2) is 0 Å². The first-order valence-electron chi connectivity index (χ1n) is 8.24. The van der Waals surface area contributed by atoms with E-state index in [0.29, 0.717) is 0 Å². The second kappa shape index (κ2) is 10.3. The molecule has 0 spiro atoms. The molecule has 0 amide bonds. The van der Waals surface area contributed by atoms with Crippen LogP contribution in [0.2, 0.25) is 17.1 Å². The molecule has 0 N–H and O–H groups in total. The van der Waals surface area contributed by atoms with Crippen LogP contribution in [0.3, 0.4) is 0 Å². The molecule has 4 heteroatoms. The van der Waals surface area contributed by atoms with E-state index in [2.05, 4.69) is 20.8 Å². The van der Waals surface area contributed by atoms with Crippen LogP contribution in [-0.2, 0) is 4.43 Å². The Balaban J connectivity index is 2.47. The molecule has 0 aromatic heterocycles. The lowest BCUT2D eigenvalue weighted by atomic mass is 10.2. The van der Waals surface area contributed by atoms with Gasteiger partial charge in [-0.2, -0.15) is 0 Å². The highest BCUT2D eigenvalue weighted by Crippen LogP contribution is 2.25. The average molecular weight is 329 g/mol. The second-order valence-corrected chi connectivity index (χ2v) is 9.60. The highest BCUT2D eigenvalue weighted by molar-refractivity contribution is 6.68. The zero-order chi connectivity index (χ0) is 15.6. The van der Waals surface area contributed by atoms with E-state index in [0.717, 1.165) is 35.9 Å². The molecule has 0 radical (unpaired) electrons. The molecule has 0 fully saturated rings. The van der Waals surface area contributed by atoms with E-state index in [9.17, 15) is 0 Å². The summed E-state index contributed by atoms with van der Waals surface area (Å²) >= 11 is 5.92. The van der Waals surface area contributed by atoms with Crippen molar-refractivity contribution in [3.63, 3.8) is 0 Å². The van der Waals surface area contributed by atoms with Gasteiger partial charge >= 0.3 is 8.56 Å². The molecule has 0 unspecified atom stereocenters. The van der Waals surface area contributed by atoms with Gasteiger partial charge < -0.3 is 8.85 Å². The van der Waals surface area contributed by atoms with Crippen LogP contribution in [0.1, 0.15) is 52.9 Å². The zero-order valence-corrected chi connectivity index (χ0v) is 15.4. The first-order chi connectivity index (χ1) is 10.2. The highest BCUT2D eigenvalue weighted by Gasteiger charge is 2.35. The molecule has 0 aliphatic carbocycles. The van der Waals surface area contributed by atoms with Gasteiger partial charge in [0.2, 0.25) is 0 Å². The van der Waals surface area contributed by atoms with Gasteiger partial charge in [0.25, 0.3) is 0 Å². The standard InChI is InChI=1S/C17H29ClO2Si/c1-4-7-8-9-10-15-19-21(5-2,6-3)20-17-13-11-16(18)12-14-17/h11-14H,4-10,15H2,1-3H3. The lowest BCUT2D eigenvalue weighted by Gasteiger charge is -2.29. The van der Waals surface area contributed by atoms with Gasteiger partial charge in [0.1, 0.15) is 5.75 Å². The summed E-state index contributed by atoms with van der Waals surface area (Å²) in [5.41, 5.74) is 0. The van der Waals surface area contributed by atoms with Crippen LogP contribution in [0.4, 0.5) is 0 Å². The van der Waals surface area contributed by atoms with E-state index >= 15 is 0 Å². The fourth-order valence-electron chi connectivity index (χ4n) is 2.31. The maximum atomic E-state index is 6.24. The Morgan fingerprint density at radius 3 is 2.10 bits per heavy atom. The van der Waals surface area contributed by atoms with Gasteiger partial charge in [-0.3, -0.25) is 0 Å². The van der Waals surface area contributed by atoms with E-state index in [1.165, 1.54) is 25.7 Å². The first-order valence-corrected chi connectivity index (χ1v) is 10.8. The van der Waals surface area contributed by atoms with Crippen molar-refractivity contribution >= 4 is 20.2 Å². The van der Waals surface area contributed by atoms with Crippen LogP contribution in [0.25, 0.3) is 0 Å². The van der Waals surface area contributed by atoms with Crippen molar-refractivity contribution in [1.29, 1.82) is 0 Å². The van der Waals surface area contributed by atoms with Crippen LogP contribution < -0.4 is 4.43 Å². The zero-order valence-electron chi connectivity index (χ0n) is 13.7. The fraction of sp³-hybridized carbons (Fsp3) is 0.647. The van der Waals surface area contributed by atoms with Crippen LogP contribution in [0.15, 0.2) is 24.3 Å². The third-order valence-corrected chi connectivity index (χ3v) is 7.55. The summed E-state index contributed by atoms with van der Waals surface area (Å²) in [7, 11) is -2.11. The molecule has 1 aromatic rings. The summed E-state index contributed by atoms with van der Waals surface area (Å²) in [6.45, 7) is 7.40. The molecule has 0 atom stereocenters. The minimum atomic E-state index is -2.11. The average Bonchev–Trinajstić information content (AvgIpc) is 2.52. The number of hydrogen-bond donors (Lipinski definition) is 0. The molecule has 21 heavy (non-hydrogen) atoms. The molecule has 0 saturated carbocycles. The predicted molar refractivity (Wildman–Crippen MR) is 93.5 cm³/mol.